The van der Waals surface area contributed by atoms with E-state index < -0.39 is 0 Å². The maximum Gasteiger partial charge on any atom is 0.211 e. The first-order chi connectivity index (χ1) is 9.17. The monoisotopic (exact) mass is 255 g/mol. The van der Waals surface area contributed by atoms with Gasteiger partial charge in [0.15, 0.2) is 5.71 Å². The number of nitrogens with zero attached hydrogens (tertiary/aromatic N) is 1. The fourth-order valence-electron chi connectivity index (χ4n) is 2.67. The Morgan fingerprint density at radius 2 is 1.68 bits per heavy atom. The van der Waals surface area contributed by atoms with Crippen molar-refractivity contribution in [1.82, 2.24) is 5.32 Å². The van der Waals surface area contributed by atoms with Crippen LogP contribution in [0.3, 0.4) is 0 Å². The maximum absolute atomic E-state index is 3.54. The molecule has 0 aliphatic carbocycles. The van der Waals surface area contributed by atoms with Crippen LogP contribution >= 0.6 is 0 Å². The van der Waals surface area contributed by atoms with Gasteiger partial charge in [-0.1, -0.05) is 32.0 Å². The molecule has 1 N–H and O–H groups in total. The highest BCUT2D eigenvalue weighted by Crippen LogP contribution is 2.24. The third-order valence-electron chi connectivity index (χ3n) is 3.45. The minimum Gasteiger partial charge on any atom is -0.357 e. The summed E-state index contributed by atoms with van der Waals surface area (Å²) in [4.78, 5) is 0. The molecule has 0 radical (unpaired) electrons. The van der Waals surface area contributed by atoms with Gasteiger partial charge in [-0.2, -0.15) is 4.58 Å². The Morgan fingerprint density at radius 3 is 2.26 bits per heavy atom. The van der Waals surface area contributed by atoms with Gasteiger partial charge >= 0.3 is 0 Å². The zero-order chi connectivity index (χ0) is 13.8. The van der Waals surface area contributed by atoms with E-state index >= 15 is 0 Å². The summed E-state index contributed by atoms with van der Waals surface area (Å²) in [6.45, 7) is 8.72. The van der Waals surface area contributed by atoms with E-state index in [2.05, 4.69) is 74.0 Å². The first-order valence-corrected chi connectivity index (χ1v) is 7.03. The third kappa shape index (κ3) is 2.78. The van der Waals surface area contributed by atoms with Crippen LogP contribution in [0.4, 0.5) is 5.69 Å². The highest BCUT2D eigenvalue weighted by atomic mass is 15.1. The van der Waals surface area contributed by atoms with Crippen molar-refractivity contribution < 1.29 is 4.58 Å². The van der Waals surface area contributed by atoms with Gasteiger partial charge < -0.3 is 5.32 Å². The maximum atomic E-state index is 3.54. The number of allylic oxidation sites excluding steroid dienone is 4. The van der Waals surface area contributed by atoms with Crippen LogP contribution in [0.1, 0.15) is 40.5 Å². The van der Waals surface area contributed by atoms with E-state index in [1.807, 2.05) is 0 Å². The molecule has 0 fully saturated rings. The summed E-state index contributed by atoms with van der Waals surface area (Å²) in [6, 6.07) is 10.6. The second-order valence-corrected chi connectivity index (χ2v) is 4.90. The second kappa shape index (κ2) is 5.87. The Labute approximate surface area is 116 Å². The average Bonchev–Trinajstić information content (AvgIpc) is 2.54. The van der Waals surface area contributed by atoms with Crippen LogP contribution in [0.5, 0.6) is 0 Å². The molecule has 1 aromatic rings. The highest BCUT2D eigenvalue weighted by Gasteiger charge is 2.24. The SMILES string of the molecule is CCC1=C(CC)[N+](c2ccccc2)=C(C)C=C(C)N1. The zero-order valence-electron chi connectivity index (χ0n) is 12.3. The standard InChI is InChI=1S/C17H22N2/c1-5-16-17(6-2)19(14(4)12-13(3)18-16)15-10-8-7-9-11-15/h7-12H,5-6H2,1-4H3/p+1. The molecule has 0 spiro atoms. The van der Waals surface area contributed by atoms with E-state index in [-0.39, 0.29) is 0 Å². The summed E-state index contributed by atoms with van der Waals surface area (Å²) in [5.74, 6) is 0. The van der Waals surface area contributed by atoms with E-state index in [0.29, 0.717) is 0 Å². The number of para-hydroxylation sites is 1. The van der Waals surface area contributed by atoms with Gasteiger partial charge in [0.1, 0.15) is 0 Å². The number of nitrogens with one attached hydrogen (secondary N) is 1. The predicted molar refractivity (Wildman–Crippen MR) is 81.5 cm³/mol. The fraction of sp³-hybridized carbons (Fsp3) is 0.353. The van der Waals surface area contributed by atoms with Crippen molar-refractivity contribution in [2.24, 2.45) is 0 Å². The van der Waals surface area contributed by atoms with E-state index in [9.17, 15) is 0 Å². The van der Waals surface area contributed by atoms with Crippen molar-refractivity contribution in [3.8, 4) is 0 Å². The minimum atomic E-state index is 1.02. The van der Waals surface area contributed by atoms with Crippen LogP contribution < -0.4 is 5.32 Å². The molecule has 2 nitrogen and oxygen atoms in total. The topological polar surface area (TPSA) is 15.0 Å². The number of hydrogen-bond donors (Lipinski definition) is 1. The first-order valence-electron chi connectivity index (χ1n) is 7.03. The molecule has 0 unspecified atom stereocenters. The van der Waals surface area contributed by atoms with Crippen molar-refractivity contribution in [3.05, 3.63) is 53.5 Å². The lowest BCUT2D eigenvalue weighted by molar-refractivity contribution is -0.387. The van der Waals surface area contributed by atoms with Crippen molar-refractivity contribution in [2.75, 3.05) is 0 Å². The molecular formula is C17H23N2+. The molecule has 0 aromatic heterocycles. The van der Waals surface area contributed by atoms with Gasteiger partial charge in [-0.3, -0.25) is 0 Å². The molecule has 1 aliphatic rings. The van der Waals surface area contributed by atoms with Gasteiger partial charge in [0.25, 0.3) is 0 Å². The summed E-state index contributed by atoms with van der Waals surface area (Å²) in [6.07, 6.45) is 4.25. The van der Waals surface area contributed by atoms with E-state index in [0.717, 1.165) is 12.8 Å². The van der Waals surface area contributed by atoms with Crippen molar-refractivity contribution in [2.45, 2.75) is 40.5 Å². The van der Waals surface area contributed by atoms with Crippen molar-refractivity contribution in [1.29, 1.82) is 0 Å². The van der Waals surface area contributed by atoms with Crippen LogP contribution in [0.15, 0.2) is 53.5 Å². The Kier molecular flexibility index (Phi) is 4.20. The zero-order valence-corrected chi connectivity index (χ0v) is 12.3. The van der Waals surface area contributed by atoms with Gasteiger partial charge in [0.2, 0.25) is 11.4 Å². The molecule has 1 aliphatic heterocycles. The summed E-state index contributed by atoms with van der Waals surface area (Å²) in [5, 5.41) is 3.54. The summed E-state index contributed by atoms with van der Waals surface area (Å²) in [7, 11) is 0. The van der Waals surface area contributed by atoms with E-state index in [4.69, 9.17) is 0 Å². The smallest absolute Gasteiger partial charge is 0.211 e. The summed E-state index contributed by atoms with van der Waals surface area (Å²) < 4.78 is 2.36. The first kappa shape index (κ1) is 13.6. The van der Waals surface area contributed by atoms with Crippen LogP contribution in [0.2, 0.25) is 0 Å². The van der Waals surface area contributed by atoms with Gasteiger partial charge in [-0.25, -0.2) is 0 Å². The Morgan fingerprint density at radius 1 is 1.00 bits per heavy atom. The molecule has 100 valence electrons. The van der Waals surface area contributed by atoms with Gasteiger partial charge in [0, 0.05) is 37.3 Å². The third-order valence-corrected chi connectivity index (χ3v) is 3.45. The summed E-state index contributed by atoms with van der Waals surface area (Å²) >= 11 is 0. The van der Waals surface area contributed by atoms with Crippen LogP contribution in [-0.4, -0.2) is 10.3 Å². The number of rotatable bonds is 3. The lowest BCUT2D eigenvalue weighted by Gasteiger charge is -2.11. The molecule has 0 bridgehead atoms. The van der Waals surface area contributed by atoms with Crippen LogP contribution in [0, 0.1) is 0 Å². The van der Waals surface area contributed by atoms with Gasteiger partial charge in [-0.05, 0) is 13.3 Å². The molecule has 2 heteroatoms. The normalized spacial score (nSPS) is 16.1. The largest absolute Gasteiger partial charge is 0.357 e. The second-order valence-electron chi connectivity index (χ2n) is 4.90. The molecule has 0 atom stereocenters. The Balaban J connectivity index is 2.67. The highest BCUT2D eigenvalue weighted by molar-refractivity contribution is 5.90. The number of benzene rings is 1. The molecule has 0 amide bonds. The van der Waals surface area contributed by atoms with Gasteiger partial charge in [-0.15, -0.1) is 0 Å². The number of hydrogen-bond acceptors (Lipinski definition) is 1. The quantitative estimate of drug-likeness (QED) is 0.794. The van der Waals surface area contributed by atoms with Crippen LogP contribution in [0.25, 0.3) is 0 Å². The molecule has 19 heavy (non-hydrogen) atoms. The van der Waals surface area contributed by atoms with Crippen LogP contribution in [-0.2, 0) is 0 Å². The van der Waals surface area contributed by atoms with E-state index in [1.54, 1.807) is 0 Å². The molecule has 1 heterocycles. The molecular weight excluding hydrogens is 232 g/mol. The molecule has 2 rings (SSSR count). The average molecular weight is 255 g/mol. The predicted octanol–water partition coefficient (Wildman–Crippen LogP) is 4.33. The Bertz CT molecular complexity index is 548. The molecule has 1 aromatic carbocycles. The van der Waals surface area contributed by atoms with Crippen molar-refractivity contribution in [3.63, 3.8) is 0 Å². The molecule has 0 saturated heterocycles. The fourth-order valence-corrected chi connectivity index (χ4v) is 2.67. The lowest BCUT2D eigenvalue weighted by Crippen LogP contribution is -2.16. The minimum absolute atomic E-state index is 1.02. The summed E-state index contributed by atoms with van der Waals surface area (Å²) in [5.41, 5.74) is 6.38. The van der Waals surface area contributed by atoms with E-state index in [1.165, 1.54) is 28.5 Å². The van der Waals surface area contributed by atoms with Gasteiger partial charge in [0.05, 0.1) is 5.70 Å². The lowest BCUT2D eigenvalue weighted by atomic mass is 10.2. The van der Waals surface area contributed by atoms with Crippen molar-refractivity contribution >= 4 is 11.4 Å². The Hall–Kier alpha value is -1.83. The molecule has 0 saturated carbocycles.